The number of nitrogens with zero attached hydrogens (tertiary/aromatic N) is 4. The predicted molar refractivity (Wildman–Crippen MR) is 174 cm³/mol. The summed E-state index contributed by atoms with van der Waals surface area (Å²) in [4.78, 5) is 64.1. The van der Waals surface area contributed by atoms with Crippen molar-refractivity contribution in [3.8, 4) is 5.75 Å². The molecule has 1 aromatic heterocycles. The molecule has 19 nitrogen and oxygen atoms in total. The molecule has 0 radical (unpaired) electrons. The maximum Gasteiger partial charge on any atom is 0.362 e. The number of piperidine rings is 1. The van der Waals surface area contributed by atoms with Crippen molar-refractivity contribution in [2.75, 3.05) is 32.0 Å². The van der Waals surface area contributed by atoms with E-state index < -0.39 is 64.5 Å². The smallest absolute Gasteiger partial charge is 0.362 e. The molecule has 21 heteroatoms. The third-order valence-electron chi connectivity index (χ3n) is 8.10. The lowest BCUT2D eigenvalue weighted by Crippen LogP contribution is -2.72. The molecule has 49 heavy (non-hydrogen) atoms. The Balaban J connectivity index is 1.27. The summed E-state index contributed by atoms with van der Waals surface area (Å²) >= 11 is 0.933. The maximum atomic E-state index is 13.4. The number of aliphatic carboxylic acids is 1. The second-order valence-corrected chi connectivity index (χ2v) is 13.6. The number of benzene rings is 1. The lowest BCUT2D eigenvalue weighted by molar-refractivity contribution is -0.152. The molecule has 1 unspecified atom stereocenters. The number of carboxylic acid groups (broad SMARTS) is 1. The first-order chi connectivity index (χ1) is 23.3. The molecule has 0 bridgehead atoms. The summed E-state index contributed by atoms with van der Waals surface area (Å²) in [6, 6.07) is 3.87. The normalized spacial score (nSPS) is 22.6. The SMILES string of the molecule is NC(=NC1CCNCC1)c1ccc(OC[C@H](O/N=C(\C(=O)N[C@@H]2C(=O)N(S(=O)(=O)O)[C@@H]2CC2CCNC2=O)c2csc(N)n2)C(=O)O)cc1. The third-order valence-corrected chi connectivity index (χ3v) is 9.72. The van der Waals surface area contributed by atoms with Crippen LogP contribution in [0.3, 0.4) is 0 Å². The standard InChI is InChI=1S/C28H35N9O10S2/c29-23(33-16-6-8-31-9-7-16)14-1-3-17(4-2-14)46-12-20(27(41)42)47-36-21(18-13-48-28(30)34-18)25(39)35-22-19(11-15-5-10-32-24(15)38)37(26(22)40)49(43,44)45/h1-4,13,15-16,19-20,22,31H,5-12H2,(H2,29,33)(H2,30,34)(H,32,38)(H,35,39)(H,41,42)(H,43,44,45)/b36-21-/t15?,19-,20+,22+/m1/s1. The van der Waals surface area contributed by atoms with Crippen molar-refractivity contribution in [1.82, 2.24) is 25.2 Å². The summed E-state index contributed by atoms with van der Waals surface area (Å²) < 4.78 is 39.2. The fourth-order valence-electron chi connectivity index (χ4n) is 5.53. The van der Waals surface area contributed by atoms with Gasteiger partial charge in [-0.25, -0.2) is 14.1 Å². The average molecular weight is 722 g/mol. The number of amidine groups is 1. The van der Waals surface area contributed by atoms with Crippen LogP contribution in [0.25, 0.3) is 0 Å². The average Bonchev–Trinajstić information content (AvgIpc) is 3.68. The molecule has 4 atom stereocenters. The number of ether oxygens (including phenoxy) is 1. The summed E-state index contributed by atoms with van der Waals surface area (Å²) in [6.45, 7) is 1.54. The number of thiazole rings is 1. The van der Waals surface area contributed by atoms with E-state index in [1.807, 2.05) is 0 Å². The number of carbonyl (C=O) groups is 4. The van der Waals surface area contributed by atoms with E-state index in [1.54, 1.807) is 24.3 Å². The highest BCUT2D eigenvalue weighted by molar-refractivity contribution is 7.84. The van der Waals surface area contributed by atoms with Crippen LogP contribution >= 0.6 is 11.3 Å². The van der Waals surface area contributed by atoms with Crippen molar-refractivity contribution in [3.63, 3.8) is 0 Å². The Bertz CT molecular complexity index is 1740. The Kier molecular flexibility index (Phi) is 11.0. The van der Waals surface area contributed by atoms with Gasteiger partial charge in [-0.15, -0.1) is 11.3 Å². The number of carboxylic acids is 1. The zero-order chi connectivity index (χ0) is 35.3. The molecule has 3 amide bonds. The Labute approximate surface area is 284 Å². The zero-order valence-electron chi connectivity index (χ0n) is 25.9. The predicted octanol–water partition coefficient (Wildman–Crippen LogP) is -1.54. The summed E-state index contributed by atoms with van der Waals surface area (Å²) in [5.41, 5.74) is 11.8. The first-order valence-corrected chi connectivity index (χ1v) is 17.4. The molecule has 0 saturated carbocycles. The van der Waals surface area contributed by atoms with Crippen molar-refractivity contribution in [2.45, 2.75) is 49.9 Å². The Morgan fingerprint density at radius 1 is 1.16 bits per heavy atom. The number of nitrogens with one attached hydrogen (secondary N) is 3. The first-order valence-electron chi connectivity index (χ1n) is 15.2. The number of hydrogen-bond donors (Lipinski definition) is 7. The van der Waals surface area contributed by atoms with Gasteiger partial charge in [0.15, 0.2) is 10.8 Å². The van der Waals surface area contributed by atoms with Gasteiger partial charge in [0.2, 0.25) is 5.91 Å². The van der Waals surface area contributed by atoms with Crippen LogP contribution in [0.4, 0.5) is 5.13 Å². The number of carbonyl (C=O) groups excluding carboxylic acids is 3. The second-order valence-electron chi connectivity index (χ2n) is 11.4. The zero-order valence-corrected chi connectivity index (χ0v) is 27.5. The Morgan fingerprint density at radius 3 is 2.47 bits per heavy atom. The van der Waals surface area contributed by atoms with Gasteiger partial charge in [-0.3, -0.25) is 23.9 Å². The highest BCUT2D eigenvalue weighted by Crippen LogP contribution is 2.31. The summed E-state index contributed by atoms with van der Waals surface area (Å²) in [5.74, 6) is -4.10. The van der Waals surface area contributed by atoms with Gasteiger partial charge in [-0.2, -0.15) is 8.42 Å². The molecule has 3 saturated heterocycles. The van der Waals surface area contributed by atoms with Gasteiger partial charge in [-0.1, -0.05) is 5.16 Å². The van der Waals surface area contributed by atoms with Crippen molar-refractivity contribution < 1.29 is 46.8 Å². The molecule has 3 aliphatic heterocycles. The largest absolute Gasteiger partial charge is 0.489 e. The van der Waals surface area contributed by atoms with Gasteiger partial charge in [-0.05, 0) is 63.0 Å². The third kappa shape index (κ3) is 8.60. The fourth-order valence-corrected chi connectivity index (χ4v) is 6.97. The van der Waals surface area contributed by atoms with Gasteiger partial charge >= 0.3 is 16.3 Å². The Hall–Kier alpha value is -4.86. The van der Waals surface area contributed by atoms with Crippen LogP contribution in [0.1, 0.15) is 36.9 Å². The summed E-state index contributed by atoms with van der Waals surface area (Å²) in [6.07, 6.45) is 0.218. The van der Waals surface area contributed by atoms with Crippen LogP contribution < -0.4 is 32.2 Å². The van der Waals surface area contributed by atoms with Crippen LogP contribution in [-0.2, 0) is 34.3 Å². The van der Waals surface area contributed by atoms with E-state index in [1.165, 1.54) is 5.38 Å². The molecule has 2 aromatic rings. The van der Waals surface area contributed by atoms with E-state index in [4.69, 9.17) is 21.0 Å². The monoisotopic (exact) mass is 721 g/mol. The molecule has 4 heterocycles. The van der Waals surface area contributed by atoms with Crippen molar-refractivity contribution >= 4 is 62.0 Å². The number of rotatable bonds is 14. The van der Waals surface area contributed by atoms with Crippen molar-refractivity contribution in [3.05, 3.63) is 40.9 Å². The fraction of sp³-hybridized carbons (Fsp3) is 0.464. The van der Waals surface area contributed by atoms with Crippen molar-refractivity contribution in [1.29, 1.82) is 0 Å². The van der Waals surface area contributed by atoms with E-state index in [9.17, 15) is 37.3 Å². The van der Waals surface area contributed by atoms with E-state index in [-0.39, 0.29) is 39.3 Å². The maximum absolute atomic E-state index is 13.4. The minimum absolute atomic E-state index is 0.0286. The summed E-state index contributed by atoms with van der Waals surface area (Å²) in [5, 5.41) is 23.0. The molecule has 3 fully saturated rings. The minimum atomic E-state index is -5.01. The number of anilines is 1. The van der Waals surface area contributed by atoms with Gasteiger partial charge in [0.05, 0.1) is 12.1 Å². The molecule has 0 spiro atoms. The number of oxime groups is 1. The molecule has 1 aromatic carbocycles. The quantitative estimate of drug-likeness (QED) is 0.0383. The number of β-lactam (4-membered cyclic amide) rings is 1. The lowest BCUT2D eigenvalue weighted by Gasteiger charge is -2.44. The highest BCUT2D eigenvalue weighted by Gasteiger charge is 2.55. The van der Waals surface area contributed by atoms with Gasteiger partial charge in [0.25, 0.3) is 17.9 Å². The van der Waals surface area contributed by atoms with Gasteiger partial charge in [0, 0.05) is 23.4 Å². The van der Waals surface area contributed by atoms with E-state index in [0.29, 0.717) is 24.4 Å². The molecule has 5 rings (SSSR count). The Morgan fingerprint density at radius 2 is 1.88 bits per heavy atom. The number of aliphatic imine (C=N–C) groups is 1. The van der Waals surface area contributed by atoms with Crippen LogP contribution in [0.5, 0.6) is 5.75 Å². The molecule has 9 N–H and O–H groups in total. The van der Waals surface area contributed by atoms with Crippen LogP contribution in [0, 0.1) is 5.92 Å². The molecule has 264 valence electrons. The molecule has 3 aliphatic rings. The first kappa shape index (κ1) is 35.4. The number of nitrogens with two attached hydrogens (primary N) is 2. The molecular formula is C28H35N9O10S2. The lowest BCUT2D eigenvalue weighted by atomic mass is 9.88. The number of aromatic nitrogens is 1. The summed E-state index contributed by atoms with van der Waals surface area (Å²) in [7, 11) is -5.01. The number of hydrogen-bond acceptors (Lipinski definition) is 14. The highest BCUT2D eigenvalue weighted by atomic mass is 32.2. The van der Waals surface area contributed by atoms with E-state index in [2.05, 4.69) is 31.1 Å². The van der Waals surface area contributed by atoms with Crippen LogP contribution in [0.15, 0.2) is 39.8 Å². The van der Waals surface area contributed by atoms with Gasteiger partial charge in [0.1, 0.15) is 29.9 Å². The second kappa shape index (κ2) is 15.1. The number of nitrogen functional groups attached to an aromatic ring is 1. The minimum Gasteiger partial charge on any atom is -0.489 e. The molecule has 0 aliphatic carbocycles. The van der Waals surface area contributed by atoms with Crippen molar-refractivity contribution in [2.24, 2.45) is 21.8 Å². The van der Waals surface area contributed by atoms with E-state index in [0.717, 1.165) is 37.3 Å². The van der Waals surface area contributed by atoms with Gasteiger partial charge < -0.3 is 42.1 Å². The van der Waals surface area contributed by atoms with Crippen LogP contribution in [0.2, 0.25) is 0 Å². The number of amides is 3. The molecular weight excluding hydrogens is 686 g/mol. The van der Waals surface area contributed by atoms with Crippen LogP contribution in [-0.4, -0.2) is 113 Å². The van der Waals surface area contributed by atoms with E-state index >= 15 is 0 Å². The topological polar surface area (TPSA) is 290 Å².